The van der Waals surface area contributed by atoms with E-state index in [0.717, 1.165) is 21.6 Å². The number of aromatic carboxylic acids is 1. The fourth-order valence-corrected chi connectivity index (χ4v) is 4.27. The largest absolute Gasteiger partial charge is 0.488 e. The second-order valence-electron chi connectivity index (χ2n) is 7.44. The van der Waals surface area contributed by atoms with Crippen LogP contribution in [0.4, 0.5) is 0 Å². The molecule has 0 saturated heterocycles. The molecule has 29 heavy (non-hydrogen) atoms. The zero-order valence-corrected chi connectivity index (χ0v) is 17.0. The van der Waals surface area contributed by atoms with Gasteiger partial charge < -0.3 is 15.2 Å². The molecule has 0 atom stereocenters. The Morgan fingerprint density at radius 2 is 1.90 bits per heavy atom. The lowest BCUT2D eigenvalue weighted by atomic mass is 9.94. The van der Waals surface area contributed by atoms with Crippen molar-refractivity contribution in [3.8, 4) is 27.3 Å². The van der Waals surface area contributed by atoms with Crippen molar-refractivity contribution in [3.05, 3.63) is 64.5 Å². The van der Waals surface area contributed by atoms with Gasteiger partial charge in [0.15, 0.2) is 0 Å². The fraction of sp³-hybridized carbons (Fsp3) is 0.217. The molecule has 6 heteroatoms. The van der Waals surface area contributed by atoms with E-state index in [2.05, 4.69) is 5.32 Å². The van der Waals surface area contributed by atoms with Crippen LogP contribution in [0.5, 0.6) is 5.75 Å². The van der Waals surface area contributed by atoms with Crippen LogP contribution < -0.4 is 10.1 Å². The molecule has 2 aromatic carbocycles. The number of benzene rings is 2. The second kappa shape index (κ2) is 7.72. The Bertz CT molecular complexity index is 1080. The van der Waals surface area contributed by atoms with Gasteiger partial charge in [-0.2, -0.15) is 0 Å². The van der Waals surface area contributed by atoms with Crippen LogP contribution in [0.1, 0.15) is 40.1 Å². The van der Waals surface area contributed by atoms with E-state index < -0.39 is 5.97 Å². The minimum Gasteiger partial charge on any atom is -0.488 e. The van der Waals surface area contributed by atoms with Crippen LogP contribution in [0.2, 0.25) is 0 Å². The van der Waals surface area contributed by atoms with Crippen LogP contribution >= 0.6 is 11.3 Å². The van der Waals surface area contributed by atoms with E-state index in [1.807, 2.05) is 25.3 Å². The highest BCUT2D eigenvalue weighted by atomic mass is 32.1. The average molecular weight is 407 g/mol. The first kappa shape index (κ1) is 19.2. The molecular formula is C23H21NO4S. The quantitative estimate of drug-likeness (QED) is 0.620. The van der Waals surface area contributed by atoms with Gasteiger partial charge in [0.2, 0.25) is 0 Å². The van der Waals surface area contributed by atoms with Crippen molar-refractivity contribution >= 4 is 23.2 Å². The Morgan fingerprint density at radius 3 is 2.59 bits per heavy atom. The normalized spacial score (nSPS) is 12.1. The van der Waals surface area contributed by atoms with Crippen molar-refractivity contribution in [1.29, 1.82) is 0 Å². The van der Waals surface area contributed by atoms with Gasteiger partial charge >= 0.3 is 5.97 Å². The molecule has 1 aliphatic rings. The Labute approximate surface area is 173 Å². The van der Waals surface area contributed by atoms with Crippen LogP contribution in [-0.4, -0.2) is 23.5 Å². The summed E-state index contributed by atoms with van der Waals surface area (Å²) in [6, 6.07) is 12.5. The standard InChI is InChI=1S/C23H21NO4S/c1-13(2)11-24-22(25)15-5-3-14(4-6-15)17-10-20-19(9-18(17)23(26)27)21-16(12-28-20)7-8-29-21/h3-10,13H,11-12H2,1-2H3,(H,24,25)(H,26,27). The zero-order valence-electron chi connectivity index (χ0n) is 16.2. The van der Waals surface area contributed by atoms with Gasteiger partial charge in [-0.05, 0) is 52.8 Å². The van der Waals surface area contributed by atoms with E-state index in [4.69, 9.17) is 4.74 Å². The zero-order chi connectivity index (χ0) is 20.5. The summed E-state index contributed by atoms with van der Waals surface area (Å²) in [5.41, 5.74) is 3.95. The molecular weight excluding hydrogens is 386 g/mol. The second-order valence-corrected chi connectivity index (χ2v) is 8.36. The topological polar surface area (TPSA) is 75.6 Å². The molecule has 1 aliphatic heterocycles. The summed E-state index contributed by atoms with van der Waals surface area (Å²) in [5, 5.41) is 14.7. The summed E-state index contributed by atoms with van der Waals surface area (Å²) in [5.74, 6) is -0.0812. The summed E-state index contributed by atoms with van der Waals surface area (Å²) >= 11 is 1.58. The molecule has 0 spiro atoms. The Kier molecular flexibility index (Phi) is 5.11. The van der Waals surface area contributed by atoms with Crippen LogP contribution in [0.3, 0.4) is 0 Å². The molecule has 2 N–H and O–H groups in total. The summed E-state index contributed by atoms with van der Waals surface area (Å²) < 4.78 is 5.87. The summed E-state index contributed by atoms with van der Waals surface area (Å²) in [7, 11) is 0. The van der Waals surface area contributed by atoms with E-state index in [0.29, 0.717) is 35.9 Å². The smallest absolute Gasteiger partial charge is 0.336 e. The highest BCUT2D eigenvalue weighted by Gasteiger charge is 2.23. The van der Waals surface area contributed by atoms with E-state index in [1.165, 1.54) is 0 Å². The van der Waals surface area contributed by atoms with Gasteiger partial charge in [0.05, 0.1) is 5.56 Å². The minimum absolute atomic E-state index is 0.136. The van der Waals surface area contributed by atoms with Gasteiger partial charge in [-0.1, -0.05) is 26.0 Å². The number of carboxylic acid groups (broad SMARTS) is 1. The summed E-state index contributed by atoms with van der Waals surface area (Å²) in [6.45, 7) is 5.16. The number of hydrogen-bond acceptors (Lipinski definition) is 4. The SMILES string of the molecule is CC(C)CNC(=O)c1ccc(-c2cc3c(cc2C(=O)O)-c2sccc2CO3)cc1. The van der Waals surface area contributed by atoms with Crippen LogP contribution in [0.25, 0.3) is 21.6 Å². The predicted molar refractivity (Wildman–Crippen MR) is 114 cm³/mol. The number of rotatable bonds is 5. The molecule has 1 aromatic heterocycles. The molecule has 1 amide bonds. The molecule has 148 valence electrons. The summed E-state index contributed by atoms with van der Waals surface area (Å²) in [6.07, 6.45) is 0. The van der Waals surface area contributed by atoms with Gasteiger partial charge in [-0.25, -0.2) is 4.79 Å². The van der Waals surface area contributed by atoms with Crippen molar-refractivity contribution in [1.82, 2.24) is 5.32 Å². The number of ether oxygens (including phenoxy) is 1. The molecule has 5 nitrogen and oxygen atoms in total. The van der Waals surface area contributed by atoms with E-state index >= 15 is 0 Å². The lowest BCUT2D eigenvalue weighted by Gasteiger charge is -2.20. The highest BCUT2D eigenvalue weighted by molar-refractivity contribution is 7.13. The van der Waals surface area contributed by atoms with E-state index in [-0.39, 0.29) is 11.5 Å². The highest BCUT2D eigenvalue weighted by Crippen LogP contribution is 2.44. The fourth-order valence-electron chi connectivity index (χ4n) is 3.33. The van der Waals surface area contributed by atoms with Gasteiger partial charge in [0, 0.05) is 28.1 Å². The molecule has 0 aliphatic carbocycles. The molecule has 0 unspecified atom stereocenters. The van der Waals surface area contributed by atoms with E-state index in [1.54, 1.807) is 47.7 Å². The third kappa shape index (κ3) is 3.76. The molecule has 0 saturated carbocycles. The molecule has 0 bridgehead atoms. The number of hydrogen-bond donors (Lipinski definition) is 2. The van der Waals surface area contributed by atoms with Gasteiger partial charge in [-0.3, -0.25) is 4.79 Å². The third-order valence-electron chi connectivity index (χ3n) is 4.85. The number of nitrogens with one attached hydrogen (secondary N) is 1. The van der Waals surface area contributed by atoms with Gasteiger partial charge in [0.1, 0.15) is 12.4 Å². The molecule has 3 aromatic rings. The lowest BCUT2D eigenvalue weighted by Crippen LogP contribution is -2.27. The number of carbonyl (C=O) groups is 2. The van der Waals surface area contributed by atoms with Crippen molar-refractivity contribution in [2.24, 2.45) is 5.92 Å². The van der Waals surface area contributed by atoms with Crippen LogP contribution in [-0.2, 0) is 6.61 Å². The lowest BCUT2D eigenvalue weighted by molar-refractivity contribution is 0.0697. The Hall–Kier alpha value is -3.12. The minimum atomic E-state index is -0.995. The van der Waals surface area contributed by atoms with Crippen molar-refractivity contribution in [2.45, 2.75) is 20.5 Å². The van der Waals surface area contributed by atoms with Crippen LogP contribution in [0, 0.1) is 5.92 Å². The number of carbonyl (C=O) groups excluding carboxylic acids is 1. The first-order chi connectivity index (χ1) is 13.9. The maximum atomic E-state index is 12.2. The predicted octanol–water partition coefficient (Wildman–Crippen LogP) is 5.06. The Balaban J connectivity index is 1.70. The number of thiophene rings is 1. The molecule has 2 heterocycles. The van der Waals surface area contributed by atoms with Crippen molar-refractivity contribution in [3.63, 3.8) is 0 Å². The van der Waals surface area contributed by atoms with Gasteiger partial charge in [0.25, 0.3) is 5.91 Å². The molecule has 4 rings (SSSR count). The maximum absolute atomic E-state index is 12.2. The monoisotopic (exact) mass is 407 g/mol. The average Bonchev–Trinajstić information content (AvgIpc) is 3.20. The van der Waals surface area contributed by atoms with Gasteiger partial charge in [-0.15, -0.1) is 11.3 Å². The number of amides is 1. The molecule has 0 fully saturated rings. The third-order valence-corrected chi connectivity index (χ3v) is 5.84. The number of carboxylic acids is 1. The molecule has 0 radical (unpaired) electrons. The number of fused-ring (bicyclic) bond motifs is 3. The first-order valence-corrected chi connectivity index (χ1v) is 10.3. The van der Waals surface area contributed by atoms with E-state index in [9.17, 15) is 14.7 Å². The Morgan fingerprint density at radius 1 is 1.14 bits per heavy atom. The van der Waals surface area contributed by atoms with Crippen molar-refractivity contribution < 1.29 is 19.4 Å². The van der Waals surface area contributed by atoms with Crippen molar-refractivity contribution in [2.75, 3.05) is 6.54 Å². The van der Waals surface area contributed by atoms with Crippen LogP contribution in [0.15, 0.2) is 47.8 Å². The summed E-state index contributed by atoms with van der Waals surface area (Å²) in [4.78, 5) is 25.2. The first-order valence-electron chi connectivity index (χ1n) is 9.43. The maximum Gasteiger partial charge on any atom is 0.336 e.